The number of amides is 4. The molecule has 1 aliphatic rings. The molecule has 1 heterocycles. The molecule has 0 aliphatic carbocycles. The largest absolute Gasteiger partial charge is 0.480 e. The molecule has 2 rings (SSSR count). The molecule has 4 amide bonds. The van der Waals surface area contributed by atoms with Crippen LogP contribution in [0.25, 0.3) is 0 Å². The standard InChI is InChI=1S/C21H29N5O6/c1-12(24-18(28)14(22)10-13-6-3-2-4-7-13)20(30)26-9-5-8-16(26)19(29)25-15(21(31)32)11-17(23)27/h2-4,6-7,12,14-16H,5,8-11,22H2,1H3,(H2,23,27)(H,24,28)(H,25,29)(H,31,32). The quantitative estimate of drug-likeness (QED) is 0.289. The summed E-state index contributed by atoms with van der Waals surface area (Å²) in [6, 6.07) is 5.04. The van der Waals surface area contributed by atoms with Crippen molar-refractivity contribution in [1.29, 1.82) is 0 Å². The Labute approximate surface area is 185 Å². The first-order valence-electron chi connectivity index (χ1n) is 10.3. The topological polar surface area (TPSA) is 185 Å². The third-order valence-electron chi connectivity index (χ3n) is 5.22. The number of nitrogens with two attached hydrogens (primary N) is 2. The van der Waals surface area contributed by atoms with Gasteiger partial charge in [0.2, 0.25) is 23.6 Å². The molecular formula is C21H29N5O6. The van der Waals surface area contributed by atoms with Crippen molar-refractivity contribution >= 4 is 29.6 Å². The van der Waals surface area contributed by atoms with Crippen molar-refractivity contribution in [2.24, 2.45) is 11.5 Å². The van der Waals surface area contributed by atoms with E-state index in [0.29, 0.717) is 19.3 Å². The van der Waals surface area contributed by atoms with E-state index in [1.807, 2.05) is 30.3 Å². The number of nitrogens with one attached hydrogen (secondary N) is 2. The molecule has 1 aromatic rings. The normalized spacial score (nSPS) is 18.3. The number of hydrogen-bond donors (Lipinski definition) is 5. The Morgan fingerprint density at radius 1 is 1.16 bits per heavy atom. The minimum absolute atomic E-state index is 0.279. The molecule has 0 saturated carbocycles. The van der Waals surface area contributed by atoms with Gasteiger partial charge in [-0.2, -0.15) is 0 Å². The van der Waals surface area contributed by atoms with Crippen molar-refractivity contribution in [3.63, 3.8) is 0 Å². The van der Waals surface area contributed by atoms with E-state index in [1.165, 1.54) is 11.8 Å². The molecule has 1 saturated heterocycles. The Kier molecular flexibility index (Phi) is 8.71. The van der Waals surface area contributed by atoms with Crippen molar-refractivity contribution < 1.29 is 29.1 Å². The van der Waals surface area contributed by atoms with Crippen LogP contribution in [0, 0.1) is 0 Å². The predicted molar refractivity (Wildman–Crippen MR) is 114 cm³/mol. The van der Waals surface area contributed by atoms with Gasteiger partial charge in [-0.25, -0.2) is 4.79 Å². The molecule has 1 aliphatic heterocycles. The molecule has 174 valence electrons. The fourth-order valence-electron chi connectivity index (χ4n) is 3.56. The number of nitrogens with zero attached hydrogens (tertiary/aromatic N) is 1. The van der Waals surface area contributed by atoms with E-state index in [0.717, 1.165) is 5.56 Å². The van der Waals surface area contributed by atoms with Gasteiger partial charge in [0.1, 0.15) is 18.1 Å². The maximum Gasteiger partial charge on any atom is 0.326 e. The van der Waals surface area contributed by atoms with Gasteiger partial charge in [-0.05, 0) is 31.7 Å². The maximum absolute atomic E-state index is 12.9. The molecule has 4 atom stereocenters. The van der Waals surface area contributed by atoms with Crippen LogP contribution in [0.3, 0.4) is 0 Å². The predicted octanol–water partition coefficient (Wildman–Crippen LogP) is -1.50. The number of hydrogen-bond acceptors (Lipinski definition) is 6. The summed E-state index contributed by atoms with van der Waals surface area (Å²) in [5.74, 6) is -3.95. The molecule has 32 heavy (non-hydrogen) atoms. The average Bonchev–Trinajstić information content (AvgIpc) is 3.22. The van der Waals surface area contributed by atoms with Crippen molar-refractivity contribution in [1.82, 2.24) is 15.5 Å². The molecular weight excluding hydrogens is 418 g/mol. The number of primary amides is 1. The number of likely N-dealkylation sites (tertiary alicyclic amines) is 1. The zero-order chi connectivity index (χ0) is 23.8. The van der Waals surface area contributed by atoms with E-state index >= 15 is 0 Å². The lowest BCUT2D eigenvalue weighted by atomic mass is 10.1. The van der Waals surface area contributed by atoms with Crippen LogP contribution in [-0.4, -0.2) is 70.3 Å². The zero-order valence-electron chi connectivity index (χ0n) is 17.8. The fraction of sp³-hybridized carbons (Fsp3) is 0.476. The lowest BCUT2D eigenvalue weighted by Gasteiger charge is -2.28. The summed E-state index contributed by atoms with van der Waals surface area (Å²) in [5.41, 5.74) is 11.9. The van der Waals surface area contributed by atoms with E-state index in [4.69, 9.17) is 11.5 Å². The summed E-state index contributed by atoms with van der Waals surface area (Å²) < 4.78 is 0. The van der Waals surface area contributed by atoms with Crippen LogP contribution in [0.1, 0.15) is 31.7 Å². The minimum atomic E-state index is -1.48. The lowest BCUT2D eigenvalue weighted by Crippen LogP contribution is -2.56. The summed E-state index contributed by atoms with van der Waals surface area (Å²) >= 11 is 0. The SMILES string of the molecule is CC(NC(=O)C(N)Cc1ccccc1)C(=O)N1CCCC1C(=O)NC(CC(N)=O)C(=O)O. The van der Waals surface area contributed by atoms with Crippen LogP contribution in [-0.2, 0) is 30.4 Å². The van der Waals surface area contributed by atoms with Gasteiger partial charge in [0.25, 0.3) is 0 Å². The van der Waals surface area contributed by atoms with E-state index < -0.39 is 60.2 Å². The summed E-state index contributed by atoms with van der Waals surface area (Å²) in [4.78, 5) is 61.5. The number of benzene rings is 1. The van der Waals surface area contributed by atoms with Crippen molar-refractivity contribution in [3.8, 4) is 0 Å². The fourth-order valence-corrected chi connectivity index (χ4v) is 3.56. The molecule has 11 nitrogen and oxygen atoms in total. The van der Waals surface area contributed by atoms with E-state index in [1.54, 1.807) is 0 Å². The Morgan fingerprint density at radius 2 is 1.81 bits per heavy atom. The second-order valence-electron chi connectivity index (χ2n) is 7.79. The van der Waals surface area contributed by atoms with Crippen LogP contribution in [0.5, 0.6) is 0 Å². The monoisotopic (exact) mass is 447 g/mol. The Balaban J connectivity index is 1.96. The van der Waals surface area contributed by atoms with Crippen molar-refractivity contribution in [2.75, 3.05) is 6.54 Å². The highest BCUT2D eigenvalue weighted by atomic mass is 16.4. The molecule has 1 fully saturated rings. The first-order chi connectivity index (χ1) is 15.1. The number of carbonyl (C=O) groups is 5. The second-order valence-corrected chi connectivity index (χ2v) is 7.79. The maximum atomic E-state index is 12.9. The molecule has 0 aromatic heterocycles. The summed E-state index contributed by atoms with van der Waals surface area (Å²) in [7, 11) is 0. The van der Waals surface area contributed by atoms with Crippen LogP contribution >= 0.6 is 0 Å². The van der Waals surface area contributed by atoms with Crippen molar-refractivity contribution in [2.45, 2.75) is 56.8 Å². The summed E-state index contributed by atoms with van der Waals surface area (Å²) in [5, 5.41) is 14.0. The number of carbonyl (C=O) groups excluding carboxylic acids is 4. The van der Waals surface area contributed by atoms with E-state index in [-0.39, 0.29) is 6.54 Å². The smallest absolute Gasteiger partial charge is 0.326 e. The third-order valence-corrected chi connectivity index (χ3v) is 5.22. The van der Waals surface area contributed by atoms with Crippen LogP contribution in [0.4, 0.5) is 0 Å². The Bertz CT molecular complexity index is 861. The van der Waals surface area contributed by atoms with Gasteiger partial charge in [-0.15, -0.1) is 0 Å². The highest BCUT2D eigenvalue weighted by molar-refractivity contribution is 5.95. The van der Waals surface area contributed by atoms with Gasteiger partial charge in [-0.1, -0.05) is 30.3 Å². The molecule has 1 aromatic carbocycles. The summed E-state index contributed by atoms with van der Waals surface area (Å²) in [6.45, 7) is 1.77. The van der Waals surface area contributed by atoms with Gasteiger partial charge < -0.3 is 32.1 Å². The highest BCUT2D eigenvalue weighted by Gasteiger charge is 2.38. The summed E-state index contributed by atoms with van der Waals surface area (Å²) in [6.07, 6.45) is 0.604. The first kappa shape index (κ1) is 24.8. The lowest BCUT2D eigenvalue weighted by molar-refractivity contribution is -0.145. The minimum Gasteiger partial charge on any atom is -0.480 e. The average molecular weight is 447 g/mol. The first-order valence-corrected chi connectivity index (χ1v) is 10.3. The zero-order valence-corrected chi connectivity index (χ0v) is 17.8. The third kappa shape index (κ3) is 6.77. The molecule has 0 radical (unpaired) electrons. The molecule has 0 bridgehead atoms. The number of rotatable bonds is 10. The molecule has 0 spiro atoms. The van der Waals surface area contributed by atoms with Gasteiger partial charge in [0.15, 0.2) is 0 Å². The van der Waals surface area contributed by atoms with Crippen molar-refractivity contribution in [3.05, 3.63) is 35.9 Å². The number of carboxylic acid groups (broad SMARTS) is 1. The Morgan fingerprint density at radius 3 is 2.41 bits per heavy atom. The van der Waals surface area contributed by atoms with E-state index in [9.17, 15) is 29.1 Å². The molecule has 4 unspecified atom stereocenters. The highest BCUT2D eigenvalue weighted by Crippen LogP contribution is 2.19. The second kappa shape index (κ2) is 11.2. The molecule has 7 N–H and O–H groups in total. The van der Waals surface area contributed by atoms with Gasteiger partial charge in [0.05, 0.1) is 12.5 Å². The van der Waals surface area contributed by atoms with Crippen LogP contribution < -0.4 is 22.1 Å². The van der Waals surface area contributed by atoms with Crippen LogP contribution in [0.2, 0.25) is 0 Å². The van der Waals surface area contributed by atoms with Crippen LogP contribution in [0.15, 0.2) is 30.3 Å². The van der Waals surface area contributed by atoms with Gasteiger partial charge in [0, 0.05) is 6.54 Å². The molecule has 11 heteroatoms. The van der Waals surface area contributed by atoms with E-state index in [2.05, 4.69) is 10.6 Å². The van der Waals surface area contributed by atoms with Gasteiger partial charge in [-0.3, -0.25) is 19.2 Å². The van der Waals surface area contributed by atoms with Gasteiger partial charge >= 0.3 is 5.97 Å². The number of carboxylic acids is 1. The number of aliphatic carboxylic acids is 1. The Hall–Kier alpha value is -3.47.